The molecular formula is C22H18N2O9. The van der Waals surface area contributed by atoms with Gasteiger partial charge in [0.25, 0.3) is 11.6 Å². The summed E-state index contributed by atoms with van der Waals surface area (Å²) >= 11 is 0. The lowest BCUT2D eigenvalue weighted by molar-refractivity contribution is -0.384. The van der Waals surface area contributed by atoms with Gasteiger partial charge in [-0.15, -0.1) is 0 Å². The molecule has 170 valence electrons. The van der Waals surface area contributed by atoms with Crippen LogP contribution in [0.25, 0.3) is 11.3 Å². The third-order valence-electron chi connectivity index (χ3n) is 4.59. The molecular weight excluding hydrogens is 436 g/mol. The number of esters is 2. The van der Waals surface area contributed by atoms with Gasteiger partial charge in [0.15, 0.2) is 5.76 Å². The molecule has 1 heterocycles. The molecule has 11 nitrogen and oxygen atoms in total. The molecule has 0 saturated carbocycles. The first-order valence-corrected chi connectivity index (χ1v) is 9.33. The first kappa shape index (κ1) is 23.0. The highest BCUT2D eigenvalue weighted by molar-refractivity contribution is 6.08. The van der Waals surface area contributed by atoms with E-state index in [0.29, 0.717) is 0 Å². The van der Waals surface area contributed by atoms with E-state index in [4.69, 9.17) is 13.9 Å². The molecule has 0 atom stereocenters. The lowest BCUT2D eigenvalue weighted by Crippen LogP contribution is -2.16. The lowest BCUT2D eigenvalue weighted by atomic mass is 10.1. The maximum absolute atomic E-state index is 12.8. The molecule has 1 aromatic heterocycles. The molecule has 0 fully saturated rings. The molecule has 0 aliphatic heterocycles. The van der Waals surface area contributed by atoms with E-state index in [2.05, 4.69) is 10.1 Å². The predicted molar refractivity (Wildman–Crippen MR) is 114 cm³/mol. The van der Waals surface area contributed by atoms with E-state index in [1.165, 1.54) is 69.9 Å². The number of hydrogen-bond donors (Lipinski definition) is 1. The highest BCUT2D eigenvalue weighted by Gasteiger charge is 2.23. The van der Waals surface area contributed by atoms with Crippen LogP contribution in [0.4, 0.5) is 11.4 Å². The quantitative estimate of drug-likeness (QED) is 0.320. The van der Waals surface area contributed by atoms with Gasteiger partial charge >= 0.3 is 11.9 Å². The Labute approximate surface area is 187 Å². The number of methoxy groups -OCH3 is 3. The van der Waals surface area contributed by atoms with E-state index in [1.807, 2.05) is 0 Å². The Morgan fingerprint density at radius 1 is 0.939 bits per heavy atom. The third-order valence-corrected chi connectivity index (χ3v) is 4.59. The molecule has 33 heavy (non-hydrogen) atoms. The van der Waals surface area contributed by atoms with Crippen molar-refractivity contribution >= 4 is 29.2 Å². The van der Waals surface area contributed by atoms with Crippen molar-refractivity contribution < 1.29 is 37.9 Å². The highest BCUT2D eigenvalue weighted by Crippen LogP contribution is 2.34. The van der Waals surface area contributed by atoms with Crippen LogP contribution in [0, 0.1) is 10.1 Å². The minimum Gasteiger partial charge on any atom is -0.497 e. The van der Waals surface area contributed by atoms with Crippen molar-refractivity contribution in [2.24, 2.45) is 0 Å². The summed E-state index contributed by atoms with van der Waals surface area (Å²) in [5.41, 5.74) is -0.0501. The standard InChI is InChI=1S/C22H18N2O9/c1-30-13-5-7-15(17(11-13)24(28)29)18-8-9-19(33-18)20(25)23-16-10-12(21(26)31-2)4-6-14(16)22(27)32-3/h4-11H,1-3H3,(H,23,25). The van der Waals surface area contributed by atoms with E-state index >= 15 is 0 Å². The summed E-state index contributed by atoms with van der Waals surface area (Å²) in [4.78, 5) is 47.5. The normalized spacial score (nSPS) is 10.3. The van der Waals surface area contributed by atoms with Crippen LogP contribution in [-0.2, 0) is 9.47 Å². The molecule has 0 unspecified atom stereocenters. The molecule has 11 heteroatoms. The van der Waals surface area contributed by atoms with Crippen LogP contribution >= 0.6 is 0 Å². The summed E-state index contributed by atoms with van der Waals surface area (Å²) in [5.74, 6) is -1.99. The number of hydrogen-bond acceptors (Lipinski definition) is 9. The topological polar surface area (TPSA) is 147 Å². The monoisotopic (exact) mass is 454 g/mol. The zero-order chi connectivity index (χ0) is 24.1. The third kappa shape index (κ3) is 4.82. The molecule has 0 aliphatic rings. The van der Waals surface area contributed by atoms with Crippen LogP contribution in [0.5, 0.6) is 5.75 Å². The van der Waals surface area contributed by atoms with E-state index in [9.17, 15) is 24.5 Å². The minimum atomic E-state index is -0.760. The van der Waals surface area contributed by atoms with Crippen LogP contribution in [0.1, 0.15) is 31.3 Å². The lowest BCUT2D eigenvalue weighted by Gasteiger charge is -2.10. The molecule has 0 bridgehead atoms. The maximum atomic E-state index is 12.8. The van der Waals surface area contributed by atoms with Crippen LogP contribution < -0.4 is 10.1 Å². The fourth-order valence-corrected chi connectivity index (χ4v) is 2.97. The fraction of sp³-hybridized carbons (Fsp3) is 0.136. The van der Waals surface area contributed by atoms with E-state index in [-0.39, 0.29) is 45.3 Å². The number of nitrogens with zero attached hydrogens (tertiary/aromatic N) is 1. The summed E-state index contributed by atoms with van der Waals surface area (Å²) in [6, 6.07) is 10.8. The van der Waals surface area contributed by atoms with E-state index < -0.39 is 22.8 Å². The molecule has 3 aromatic rings. The zero-order valence-corrected chi connectivity index (χ0v) is 17.7. The van der Waals surface area contributed by atoms with E-state index in [0.717, 1.165) is 0 Å². The van der Waals surface area contributed by atoms with E-state index in [1.54, 1.807) is 0 Å². The molecule has 1 amide bonds. The molecule has 0 spiro atoms. The summed E-state index contributed by atoms with van der Waals surface area (Å²) < 4.78 is 19.9. The number of amides is 1. The minimum absolute atomic E-state index is 0.00363. The number of carbonyl (C=O) groups excluding carboxylic acids is 3. The first-order valence-electron chi connectivity index (χ1n) is 9.33. The second-order valence-electron chi connectivity index (χ2n) is 6.50. The number of ether oxygens (including phenoxy) is 3. The summed E-state index contributed by atoms with van der Waals surface area (Å²) in [6.45, 7) is 0. The number of anilines is 1. The summed E-state index contributed by atoms with van der Waals surface area (Å²) in [7, 11) is 3.74. The van der Waals surface area contributed by atoms with Gasteiger partial charge in [-0.25, -0.2) is 9.59 Å². The average Bonchev–Trinajstić information content (AvgIpc) is 3.32. The molecule has 0 aliphatic carbocycles. The average molecular weight is 454 g/mol. The number of rotatable bonds is 7. The van der Waals surface area contributed by atoms with Gasteiger partial charge in [0, 0.05) is 0 Å². The van der Waals surface area contributed by atoms with Crippen molar-refractivity contribution in [1.29, 1.82) is 0 Å². The number of nitro benzene ring substituents is 1. The zero-order valence-electron chi connectivity index (χ0n) is 17.7. The molecule has 0 radical (unpaired) electrons. The molecule has 1 N–H and O–H groups in total. The van der Waals surface area contributed by atoms with Gasteiger partial charge in [-0.1, -0.05) is 0 Å². The van der Waals surface area contributed by atoms with Crippen molar-refractivity contribution in [1.82, 2.24) is 0 Å². The fourth-order valence-electron chi connectivity index (χ4n) is 2.97. The molecule has 2 aromatic carbocycles. The van der Waals surface area contributed by atoms with Crippen molar-refractivity contribution in [2.75, 3.05) is 26.6 Å². The number of nitro groups is 1. The number of carbonyl (C=O) groups is 3. The van der Waals surface area contributed by atoms with Crippen molar-refractivity contribution in [3.05, 3.63) is 75.5 Å². The molecule has 3 rings (SSSR count). The van der Waals surface area contributed by atoms with Gasteiger partial charge in [-0.05, 0) is 42.5 Å². The SMILES string of the molecule is COC(=O)c1ccc(C(=O)OC)c(NC(=O)c2ccc(-c3ccc(OC)cc3[N+](=O)[O-])o2)c1. The second kappa shape index (κ2) is 9.64. The largest absolute Gasteiger partial charge is 0.497 e. The van der Waals surface area contributed by atoms with Gasteiger partial charge in [-0.2, -0.15) is 0 Å². The van der Waals surface area contributed by atoms with Gasteiger partial charge in [0.1, 0.15) is 11.5 Å². The Morgan fingerprint density at radius 3 is 2.30 bits per heavy atom. The Hall–Kier alpha value is -4.67. The maximum Gasteiger partial charge on any atom is 0.339 e. The Morgan fingerprint density at radius 2 is 1.67 bits per heavy atom. The van der Waals surface area contributed by atoms with Gasteiger partial charge in [0.2, 0.25) is 0 Å². The highest BCUT2D eigenvalue weighted by atomic mass is 16.6. The first-order chi connectivity index (χ1) is 15.8. The Bertz CT molecular complexity index is 1250. The summed E-state index contributed by atoms with van der Waals surface area (Å²) in [5, 5.41) is 13.9. The number of nitrogens with one attached hydrogen (secondary N) is 1. The number of benzene rings is 2. The Kier molecular flexibility index (Phi) is 6.72. The van der Waals surface area contributed by atoms with Gasteiger partial charge in [0.05, 0.1) is 54.7 Å². The van der Waals surface area contributed by atoms with Crippen LogP contribution in [0.15, 0.2) is 52.9 Å². The van der Waals surface area contributed by atoms with Crippen molar-refractivity contribution in [2.45, 2.75) is 0 Å². The van der Waals surface area contributed by atoms with Crippen LogP contribution in [-0.4, -0.2) is 44.1 Å². The summed E-state index contributed by atoms with van der Waals surface area (Å²) in [6.07, 6.45) is 0. The second-order valence-corrected chi connectivity index (χ2v) is 6.50. The van der Waals surface area contributed by atoms with Crippen molar-refractivity contribution in [3.63, 3.8) is 0 Å². The van der Waals surface area contributed by atoms with Gasteiger partial charge < -0.3 is 23.9 Å². The predicted octanol–water partition coefficient (Wildman–Crippen LogP) is 3.69. The smallest absolute Gasteiger partial charge is 0.339 e. The number of furan rings is 1. The van der Waals surface area contributed by atoms with Crippen LogP contribution in [0.2, 0.25) is 0 Å². The van der Waals surface area contributed by atoms with Crippen LogP contribution in [0.3, 0.4) is 0 Å². The van der Waals surface area contributed by atoms with Gasteiger partial charge in [-0.3, -0.25) is 14.9 Å². The Balaban J connectivity index is 1.94. The van der Waals surface area contributed by atoms with Crippen molar-refractivity contribution in [3.8, 4) is 17.1 Å². The molecule has 0 saturated heterocycles.